The van der Waals surface area contributed by atoms with Gasteiger partial charge >= 0.3 is 5.97 Å². The maximum absolute atomic E-state index is 13.2. The van der Waals surface area contributed by atoms with E-state index < -0.39 is 0 Å². The van der Waals surface area contributed by atoms with Crippen LogP contribution in [0.15, 0.2) is 46.5 Å². The number of aromatic nitrogens is 3. The van der Waals surface area contributed by atoms with E-state index in [1.807, 2.05) is 43.6 Å². The molecule has 0 aliphatic rings. The van der Waals surface area contributed by atoms with Gasteiger partial charge in [-0.3, -0.25) is 14.2 Å². The highest BCUT2D eigenvalue weighted by atomic mass is 32.2. The average molecular weight is 387 g/mol. The van der Waals surface area contributed by atoms with Crippen molar-refractivity contribution in [1.82, 2.24) is 14.1 Å². The van der Waals surface area contributed by atoms with Gasteiger partial charge in [-0.05, 0) is 5.56 Å². The van der Waals surface area contributed by atoms with E-state index >= 15 is 0 Å². The summed E-state index contributed by atoms with van der Waals surface area (Å²) in [4.78, 5) is 29.5. The van der Waals surface area contributed by atoms with Crippen LogP contribution in [0.2, 0.25) is 0 Å². The van der Waals surface area contributed by atoms with Crippen LogP contribution in [-0.4, -0.2) is 46.7 Å². The summed E-state index contributed by atoms with van der Waals surface area (Å²) >= 11 is 1.18. The standard InChI is InChI=1S/C19H21N3O4S/c1-21-11-14(13-7-5-4-6-8-13)16-17(21)18(24)22(9-10-25-2)19(20-16)27-12-15(23)26-3/h4-8,11H,9-10,12H2,1-3H3. The summed E-state index contributed by atoms with van der Waals surface area (Å²) < 4.78 is 13.2. The van der Waals surface area contributed by atoms with Crippen LogP contribution in [0.3, 0.4) is 0 Å². The number of rotatable bonds is 7. The molecule has 0 fully saturated rings. The molecule has 0 saturated heterocycles. The van der Waals surface area contributed by atoms with Crippen molar-refractivity contribution in [2.24, 2.45) is 7.05 Å². The SMILES string of the molecule is COCCn1c(SCC(=O)OC)nc2c(-c3ccccc3)cn(C)c2c1=O. The Bertz CT molecular complexity index is 1010. The number of hydrogen-bond acceptors (Lipinski definition) is 6. The Morgan fingerprint density at radius 1 is 1.22 bits per heavy atom. The predicted molar refractivity (Wildman–Crippen MR) is 105 cm³/mol. The van der Waals surface area contributed by atoms with Crippen LogP contribution in [0.5, 0.6) is 0 Å². The molecule has 27 heavy (non-hydrogen) atoms. The smallest absolute Gasteiger partial charge is 0.316 e. The summed E-state index contributed by atoms with van der Waals surface area (Å²) in [5, 5.41) is 0.471. The topological polar surface area (TPSA) is 75.3 Å². The van der Waals surface area contributed by atoms with Crippen molar-refractivity contribution in [2.75, 3.05) is 26.6 Å². The van der Waals surface area contributed by atoms with E-state index in [1.165, 1.54) is 18.9 Å². The molecule has 0 radical (unpaired) electrons. The number of benzene rings is 1. The molecule has 3 rings (SSSR count). The zero-order valence-electron chi connectivity index (χ0n) is 15.5. The third-order valence-electron chi connectivity index (χ3n) is 4.19. The van der Waals surface area contributed by atoms with E-state index in [2.05, 4.69) is 0 Å². The lowest BCUT2D eigenvalue weighted by atomic mass is 10.1. The number of ether oxygens (including phenoxy) is 2. The molecule has 3 aromatic rings. The number of hydrogen-bond donors (Lipinski definition) is 0. The molecule has 0 aliphatic heterocycles. The summed E-state index contributed by atoms with van der Waals surface area (Å²) in [7, 11) is 4.75. The van der Waals surface area contributed by atoms with Crippen molar-refractivity contribution < 1.29 is 14.3 Å². The molecule has 0 unspecified atom stereocenters. The average Bonchev–Trinajstić information content (AvgIpc) is 3.02. The van der Waals surface area contributed by atoms with Crippen LogP contribution in [-0.2, 0) is 27.9 Å². The van der Waals surface area contributed by atoms with Gasteiger partial charge < -0.3 is 14.0 Å². The lowest BCUT2D eigenvalue weighted by molar-refractivity contribution is -0.137. The van der Waals surface area contributed by atoms with Gasteiger partial charge in [-0.2, -0.15) is 0 Å². The quantitative estimate of drug-likeness (QED) is 0.352. The Balaban J connectivity index is 2.18. The first-order chi connectivity index (χ1) is 13.1. The summed E-state index contributed by atoms with van der Waals surface area (Å²) in [5.41, 5.74) is 2.84. The summed E-state index contributed by atoms with van der Waals surface area (Å²) in [6, 6.07) is 9.79. The fourth-order valence-corrected chi connectivity index (χ4v) is 3.70. The summed E-state index contributed by atoms with van der Waals surface area (Å²) in [5.74, 6) is -0.293. The molecule has 142 valence electrons. The summed E-state index contributed by atoms with van der Waals surface area (Å²) in [6.45, 7) is 0.725. The highest BCUT2D eigenvalue weighted by Crippen LogP contribution is 2.29. The second-order valence-corrected chi connectivity index (χ2v) is 6.87. The number of esters is 1. The second kappa shape index (κ2) is 8.41. The zero-order valence-corrected chi connectivity index (χ0v) is 16.3. The van der Waals surface area contributed by atoms with Gasteiger partial charge in [0.15, 0.2) is 5.16 Å². The van der Waals surface area contributed by atoms with E-state index in [0.717, 1.165) is 11.1 Å². The summed E-state index contributed by atoms with van der Waals surface area (Å²) in [6.07, 6.45) is 1.91. The van der Waals surface area contributed by atoms with Gasteiger partial charge in [-0.15, -0.1) is 0 Å². The normalized spacial score (nSPS) is 11.1. The number of thioether (sulfide) groups is 1. The first-order valence-electron chi connectivity index (χ1n) is 8.40. The number of nitrogens with zero attached hydrogens (tertiary/aromatic N) is 3. The predicted octanol–water partition coefficient (Wildman–Crippen LogP) is 2.31. The number of methoxy groups -OCH3 is 2. The van der Waals surface area contributed by atoms with Crippen LogP contribution in [0, 0.1) is 0 Å². The Morgan fingerprint density at radius 2 is 1.96 bits per heavy atom. The monoisotopic (exact) mass is 387 g/mol. The van der Waals surface area contributed by atoms with Crippen LogP contribution < -0.4 is 5.56 Å². The zero-order chi connectivity index (χ0) is 19.4. The van der Waals surface area contributed by atoms with Crippen LogP contribution in [0.25, 0.3) is 22.2 Å². The van der Waals surface area contributed by atoms with Crippen molar-refractivity contribution >= 4 is 28.8 Å². The van der Waals surface area contributed by atoms with E-state index in [0.29, 0.717) is 29.3 Å². The highest BCUT2D eigenvalue weighted by molar-refractivity contribution is 7.99. The van der Waals surface area contributed by atoms with Crippen LogP contribution >= 0.6 is 11.8 Å². The Morgan fingerprint density at radius 3 is 2.63 bits per heavy atom. The van der Waals surface area contributed by atoms with E-state index in [4.69, 9.17) is 14.5 Å². The van der Waals surface area contributed by atoms with E-state index in [-0.39, 0.29) is 17.3 Å². The van der Waals surface area contributed by atoms with E-state index in [9.17, 15) is 9.59 Å². The number of carbonyl (C=O) groups excluding carboxylic acids is 1. The first-order valence-corrected chi connectivity index (χ1v) is 9.39. The molecule has 0 aliphatic carbocycles. The maximum Gasteiger partial charge on any atom is 0.316 e. The maximum atomic E-state index is 13.2. The second-order valence-electron chi connectivity index (χ2n) is 5.93. The molecule has 0 bridgehead atoms. The minimum absolute atomic E-state index is 0.0783. The van der Waals surface area contributed by atoms with Crippen molar-refractivity contribution in [3.05, 3.63) is 46.9 Å². The molecule has 0 amide bonds. The third kappa shape index (κ3) is 3.91. The molecule has 0 atom stereocenters. The van der Waals surface area contributed by atoms with Crippen LogP contribution in [0.1, 0.15) is 0 Å². The van der Waals surface area contributed by atoms with Crippen molar-refractivity contribution in [3.8, 4) is 11.1 Å². The lowest BCUT2D eigenvalue weighted by Gasteiger charge is -2.12. The fraction of sp³-hybridized carbons (Fsp3) is 0.316. The van der Waals surface area contributed by atoms with Gasteiger partial charge in [0.05, 0.1) is 26.0 Å². The van der Waals surface area contributed by atoms with Gasteiger partial charge in [-0.25, -0.2) is 4.98 Å². The molecule has 7 nitrogen and oxygen atoms in total. The largest absolute Gasteiger partial charge is 0.468 e. The Labute approximate surface area is 160 Å². The molecule has 1 aromatic carbocycles. The molecule has 0 spiro atoms. The van der Waals surface area contributed by atoms with Crippen molar-refractivity contribution in [1.29, 1.82) is 0 Å². The van der Waals surface area contributed by atoms with Crippen molar-refractivity contribution in [2.45, 2.75) is 11.7 Å². The number of aryl methyl sites for hydroxylation is 1. The van der Waals surface area contributed by atoms with Gasteiger partial charge in [0.2, 0.25) is 0 Å². The number of carbonyl (C=O) groups is 1. The molecular formula is C19H21N3O4S. The van der Waals surface area contributed by atoms with Gasteiger partial charge in [-0.1, -0.05) is 42.1 Å². The highest BCUT2D eigenvalue weighted by Gasteiger charge is 2.19. The Hall–Kier alpha value is -2.58. The third-order valence-corrected chi connectivity index (χ3v) is 5.14. The minimum atomic E-state index is -0.371. The van der Waals surface area contributed by atoms with Gasteiger partial charge in [0.25, 0.3) is 5.56 Å². The van der Waals surface area contributed by atoms with E-state index in [1.54, 1.807) is 16.2 Å². The Kier molecular flexibility index (Phi) is 5.98. The van der Waals surface area contributed by atoms with Gasteiger partial charge in [0, 0.05) is 25.9 Å². The molecule has 2 aromatic heterocycles. The minimum Gasteiger partial charge on any atom is -0.468 e. The van der Waals surface area contributed by atoms with Crippen LogP contribution in [0.4, 0.5) is 0 Å². The molecule has 0 N–H and O–H groups in total. The lowest BCUT2D eigenvalue weighted by Crippen LogP contribution is -2.26. The van der Waals surface area contributed by atoms with Gasteiger partial charge in [0.1, 0.15) is 11.0 Å². The molecule has 2 heterocycles. The molecular weight excluding hydrogens is 366 g/mol. The molecule has 0 saturated carbocycles. The number of fused-ring (bicyclic) bond motifs is 1. The molecule has 8 heteroatoms. The van der Waals surface area contributed by atoms with Crippen molar-refractivity contribution in [3.63, 3.8) is 0 Å². The first kappa shape index (κ1) is 19.2. The fourth-order valence-electron chi connectivity index (χ4n) is 2.85.